The van der Waals surface area contributed by atoms with E-state index in [1.165, 1.54) is 38.5 Å². The minimum absolute atomic E-state index is 0.0543. The number of rotatable bonds is 14. The van der Waals surface area contributed by atoms with Crippen molar-refractivity contribution < 1.29 is 37.1 Å². The average Bonchev–Trinajstić information content (AvgIpc) is 2.83. The monoisotopic (exact) mass is 537 g/mol. The van der Waals surface area contributed by atoms with Crippen molar-refractivity contribution >= 4 is 33.3 Å². The molecule has 13 heteroatoms. The van der Waals surface area contributed by atoms with Gasteiger partial charge in [0.1, 0.15) is 17.2 Å². The lowest BCUT2D eigenvalue weighted by molar-refractivity contribution is -0.384. The second-order valence-corrected chi connectivity index (χ2v) is 9.78. The molecule has 2 N–H and O–H groups in total. The number of benzene rings is 2. The quantitative estimate of drug-likeness (QED) is 0.159. The van der Waals surface area contributed by atoms with Gasteiger partial charge in [-0.15, -0.1) is 0 Å². The van der Waals surface area contributed by atoms with Gasteiger partial charge in [-0.2, -0.15) is 0 Å². The summed E-state index contributed by atoms with van der Waals surface area (Å²) < 4.78 is 43.6. The molecule has 1 amide bonds. The first-order chi connectivity index (χ1) is 17.5. The summed E-state index contributed by atoms with van der Waals surface area (Å²) in [4.78, 5) is 33.8. The number of ether oxygens (including phenoxy) is 3. The number of hydrogen-bond acceptors (Lipinski definition) is 9. The van der Waals surface area contributed by atoms with Crippen molar-refractivity contribution in [3.8, 4) is 11.5 Å². The SMILES string of the molecule is COC(=O)CCCCCNC(=O)COc1cc(C)c(S(=O)(=O)Nc2ccc(OC)cc2[N+](=O)[O-])c(C)c1. The first-order valence-electron chi connectivity index (χ1n) is 11.4. The van der Waals surface area contributed by atoms with Crippen LogP contribution in [0.2, 0.25) is 0 Å². The Bertz CT molecular complexity index is 1220. The Morgan fingerprint density at radius 1 is 1.00 bits per heavy atom. The van der Waals surface area contributed by atoms with Crippen LogP contribution in [0, 0.1) is 24.0 Å². The summed E-state index contributed by atoms with van der Waals surface area (Å²) in [7, 11) is -1.50. The first-order valence-corrected chi connectivity index (χ1v) is 12.9. The first kappa shape index (κ1) is 29.4. The highest BCUT2D eigenvalue weighted by Gasteiger charge is 2.25. The van der Waals surface area contributed by atoms with Crippen LogP contribution >= 0.6 is 0 Å². The molecule has 0 heterocycles. The second-order valence-electron chi connectivity index (χ2n) is 8.16. The smallest absolute Gasteiger partial charge is 0.305 e. The molecular weight excluding hydrogens is 506 g/mol. The number of carbonyl (C=O) groups is 2. The zero-order valence-electron chi connectivity index (χ0n) is 21.2. The molecule has 0 radical (unpaired) electrons. The molecular formula is C24H31N3O9S. The predicted octanol–water partition coefficient (Wildman–Crippen LogP) is 3.25. The third-order valence-corrected chi connectivity index (χ3v) is 7.00. The lowest BCUT2D eigenvalue weighted by Crippen LogP contribution is -2.29. The summed E-state index contributed by atoms with van der Waals surface area (Å²) in [6.45, 7) is 3.29. The van der Waals surface area contributed by atoms with Crippen LogP contribution in [0.3, 0.4) is 0 Å². The van der Waals surface area contributed by atoms with Crippen molar-refractivity contribution in [2.75, 3.05) is 32.1 Å². The van der Waals surface area contributed by atoms with Gasteiger partial charge in [-0.3, -0.25) is 24.4 Å². The molecule has 0 atom stereocenters. The number of nitrogens with zero attached hydrogens (tertiary/aromatic N) is 1. The molecule has 0 fully saturated rings. The molecule has 0 aliphatic carbocycles. The predicted molar refractivity (Wildman–Crippen MR) is 135 cm³/mol. The maximum atomic E-state index is 13.1. The van der Waals surface area contributed by atoms with Gasteiger partial charge in [0.2, 0.25) is 0 Å². The summed E-state index contributed by atoms with van der Waals surface area (Å²) in [5, 5.41) is 14.1. The summed E-state index contributed by atoms with van der Waals surface area (Å²) in [6, 6.07) is 6.75. The van der Waals surface area contributed by atoms with Gasteiger partial charge in [-0.1, -0.05) is 6.42 Å². The van der Waals surface area contributed by atoms with E-state index in [-0.39, 0.29) is 34.8 Å². The number of nitro benzene ring substituents is 1. The molecule has 0 aliphatic rings. The molecule has 2 rings (SSSR count). The number of unbranched alkanes of at least 4 members (excludes halogenated alkanes) is 2. The van der Waals surface area contributed by atoms with Gasteiger partial charge in [0, 0.05) is 13.0 Å². The van der Waals surface area contributed by atoms with E-state index in [1.54, 1.807) is 13.8 Å². The highest BCUT2D eigenvalue weighted by Crippen LogP contribution is 2.33. The van der Waals surface area contributed by atoms with Crippen molar-refractivity contribution in [1.82, 2.24) is 5.32 Å². The molecule has 12 nitrogen and oxygen atoms in total. The fourth-order valence-corrected chi connectivity index (χ4v) is 5.12. The Balaban J connectivity index is 2.01. The van der Waals surface area contributed by atoms with Crippen LogP contribution in [0.1, 0.15) is 36.8 Å². The van der Waals surface area contributed by atoms with Gasteiger partial charge < -0.3 is 19.5 Å². The maximum absolute atomic E-state index is 13.1. The Kier molecular flexibility index (Phi) is 10.7. The van der Waals surface area contributed by atoms with E-state index in [9.17, 15) is 28.1 Å². The summed E-state index contributed by atoms with van der Waals surface area (Å²) >= 11 is 0. The summed E-state index contributed by atoms with van der Waals surface area (Å²) in [6.07, 6.45) is 2.48. The molecule has 0 saturated heterocycles. The average molecular weight is 538 g/mol. The molecule has 37 heavy (non-hydrogen) atoms. The van der Waals surface area contributed by atoms with E-state index in [0.29, 0.717) is 42.7 Å². The number of anilines is 1. The minimum atomic E-state index is -4.18. The molecule has 202 valence electrons. The van der Waals surface area contributed by atoms with Crippen molar-refractivity contribution in [1.29, 1.82) is 0 Å². The van der Waals surface area contributed by atoms with Crippen molar-refractivity contribution in [3.05, 3.63) is 51.6 Å². The molecule has 0 saturated carbocycles. The molecule has 2 aromatic carbocycles. The van der Waals surface area contributed by atoms with Crippen molar-refractivity contribution in [2.45, 2.75) is 44.4 Å². The van der Waals surface area contributed by atoms with Crippen molar-refractivity contribution in [2.24, 2.45) is 0 Å². The number of aryl methyl sites for hydroxylation is 2. The normalized spacial score (nSPS) is 10.9. The zero-order chi connectivity index (χ0) is 27.6. The molecule has 0 aromatic heterocycles. The van der Waals surface area contributed by atoms with E-state index in [0.717, 1.165) is 12.5 Å². The van der Waals surface area contributed by atoms with E-state index in [1.807, 2.05) is 0 Å². The fourth-order valence-electron chi connectivity index (χ4n) is 3.59. The largest absolute Gasteiger partial charge is 0.496 e. The van der Waals surface area contributed by atoms with E-state index in [2.05, 4.69) is 14.8 Å². The summed E-state index contributed by atoms with van der Waals surface area (Å²) in [5.41, 5.74) is 0.0221. The number of carbonyl (C=O) groups excluding carboxylic acids is 2. The highest BCUT2D eigenvalue weighted by molar-refractivity contribution is 7.92. The molecule has 0 bridgehead atoms. The lowest BCUT2D eigenvalue weighted by Gasteiger charge is -2.15. The lowest BCUT2D eigenvalue weighted by atomic mass is 10.1. The van der Waals surface area contributed by atoms with Gasteiger partial charge in [-0.25, -0.2) is 8.42 Å². The Labute approximate surface area is 215 Å². The number of amides is 1. The number of sulfonamides is 1. The summed E-state index contributed by atoms with van der Waals surface area (Å²) in [5.74, 6) is -0.0863. The van der Waals surface area contributed by atoms with Gasteiger partial charge in [0.25, 0.3) is 21.6 Å². The fraction of sp³-hybridized carbons (Fsp3) is 0.417. The highest BCUT2D eigenvalue weighted by atomic mass is 32.2. The van der Waals surface area contributed by atoms with Crippen LogP contribution in [-0.2, 0) is 24.3 Å². The molecule has 2 aromatic rings. The van der Waals surface area contributed by atoms with E-state index in [4.69, 9.17) is 9.47 Å². The van der Waals surface area contributed by atoms with Gasteiger partial charge >= 0.3 is 5.97 Å². The molecule has 0 unspecified atom stereocenters. The molecule has 0 aliphatic heterocycles. The number of nitrogens with one attached hydrogen (secondary N) is 2. The topological polar surface area (TPSA) is 163 Å². The Morgan fingerprint density at radius 3 is 2.27 bits per heavy atom. The minimum Gasteiger partial charge on any atom is -0.496 e. The van der Waals surface area contributed by atoms with E-state index < -0.39 is 20.6 Å². The van der Waals surface area contributed by atoms with Crippen LogP contribution in [0.4, 0.5) is 11.4 Å². The number of hydrogen-bond donors (Lipinski definition) is 2. The second kappa shape index (κ2) is 13.4. The Morgan fingerprint density at radius 2 is 1.68 bits per heavy atom. The third kappa shape index (κ3) is 8.63. The third-order valence-electron chi connectivity index (χ3n) is 5.33. The van der Waals surface area contributed by atoms with Gasteiger partial charge in [0.05, 0.1) is 30.1 Å². The van der Waals surface area contributed by atoms with Gasteiger partial charge in [-0.05, 0) is 62.1 Å². The van der Waals surface area contributed by atoms with Crippen LogP contribution in [-0.4, -0.2) is 52.6 Å². The van der Waals surface area contributed by atoms with Crippen LogP contribution < -0.4 is 19.5 Å². The van der Waals surface area contributed by atoms with Crippen LogP contribution in [0.15, 0.2) is 35.2 Å². The number of esters is 1. The maximum Gasteiger partial charge on any atom is 0.305 e. The number of nitro groups is 1. The van der Waals surface area contributed by atoms with Crippen molar-refractivity contribution in [3.63, 3.8) is 0 Å². The molecule has 0 spiro atoms. The Hall–Kier alpha value is -3.87. The zero-order valence-corrected chi connectivity index (χ0v) is 22.0. The number of methoxy groups -OCH3 is 2. The van der Waals surface area contributed by atoms with E-state index >= 15 is 0 Å². The van der Waals surface area contributed by atoms with Crippen LogP contribution in [0.25, 0.3) is 0 Å². The standard InChI is InChI=1S/C24H31N3O9S/c1-16-12-19(36-15-22(28)25-11-7-5-6-8-23(29)35-4)13-17(2)24(16)37(32,33)26-20-10-9-18(34-3)14-21(20)27(30)31/h9-10,12-14,26H,5-8,11,15H2,1-4H3,(H,25,28). The van der Waals surface area contributed by atoms with Gasteiger partial charge in [0.15, 0.2) is 6.61 Å². The van der Waals surface area contributed by atoms with Crippen LogP contribution in [0.5, 0.6) is 11.5 Å².